The van der Waals surface area contributed by atoms with E-state index in [0.717, 1.165) is 6.42 Å². The van der Waals surface area contributed by atoms with Crippen molar-refractivity contribution >= 4 is 5.91 Å². The van der Waals surface area contributed by atoms with Gasteiger partial charge in [-0.05, 0) is 18.9 Å². The number of hydrogen-bond donors (Lipinski definition) is 0. The first-order chi connectivity index (χ1) is 9.67. The fourth-order valence-electron chi connectivity index (χ4n) is 2.02. The molecule has 0 aliphatic carbocycles. The molecule has 0 atom stereocenters. The van der Waals surface area contributed by atoms with E-state index >= 15 is 0 Å². The van der Waals surface area contributed by atoms with Gasteiger partial charge in [0.1, 0.15) is 0 Å². The van der Waals surface area contributed by atoms with Crippen molar-refractivity contribution in [2.24, 2.45) is 0 Å². The van der Waals surface area contributed by atoms with Crippen LogP contribution in [0.4, 0.5) is 0 Å². The van der Waals surface area contributed by atoms with Crippen molar-refractivity contribution in [2.45, 2.75) is 26.2 Å². The molecule has 0 aliphatic rings. The van der Waals surface area contributed by atoms with Crippen molar-refractivity contribution in [3.63, 3.8) is 0 Å². The van der Waals surface area contributed by atoms with Gasteiger partial charge in [0.25, 0.3) is 0 Å². The number of methoxy groups -OCH3 is 1. The Balaban J connectivity index is 2.50. The summed E-state index contributed by atoms with van der Waals surface area (Å²) < 4.78 is 5.00. The zero-order valence-electron chi connectivity index (χ0n) is 12.3. The maximum absolute atomic E-state index is 12.2. The highest BCUT2D eigenvalue weighted by atomic mass is 16.5. The average Bonchev–Trinajstić information content (AvgIpc) is 2.45. The second kappa shape index (κ2) is 9.11. The van der Waals surface area contributed by atoms with E-state index in [1.807, 2.05) is 25.1 Å². The van der Waals surface area contributed by atoms with E-state index in [1.165, 1.54) is 11.1 Å². The Labute approximate surface area is 121 Å². The molecule has 0 fully saturated rings. The van der Waals surface area contributed by atoms with Crippen LogP contribution in [0, 0.1) is 18.3 Å². The Morgan fingerprint density at radius 2 is 2.20 bits per heavy atom. The molecule has 0 aromatic heterocycles. The minimum atomic E-state index is 0.0822. The molecule has 1 aromatic rings. The zero-order valence-corrected chi connectivity index (χ0v) is 12.3. The van der Waals surface area contributed by atoms with Crippen LogP contribution in [0.5, 0.6) is 0 Å². The molecule has 0 saturated carbocycles. The quantitative estimate of drug-likeness (QED) is 0.731. The highest BCUT2D eigenvalue weighted by molar-refractivity contribution is 5.76. The molecule has 4 heteroatoms. The van der Waals surface area contributed by atoms with Gasteiger partial charge in [0, 0.05) is 26.6 Å². The lowest BCUT2D eigenvalue weighted by Gasteiger charge is -2.21. The second-order valence-electron chi connectivity index (χ2n) is 4.77. The lowest BCUT2D eigenvalue weighted by atomic mass is 10.1. The van der Waals surface area contributed by atoms with Crippen LogP contribution in [-0.2, 0) is 16.0 Å². The molecule has 0 N–H and O–H groups in total. The third-order valence-electron chi connectivity index (χ3n) is 3.12. The van der Waals surface area contributed by atoms with Crippen molar-refractivity contribution in [1.29, 1.82) is 5.26 Å². The van der Waals surface area contributed by atoms with Gasteiger partial charge in [-0.3, -0.25) is 4.79 Å². The summed E-state index contributed by atoms with van der Waals surface area (Å²) in [6.45, 7) is 3.57. The summed E-state index contributed by atoms with van der Waals surface area (Å²) in [7, 11) is 1.61. The van der Waals surface area contributed by atoms with Gasteiger partial charge in [-0.1, -0.05) is 29.8 Å². The van der Waals surface area contributed by atoms with Gasteiger partial charge >= 0.3 is 0 Å². The van der Waals surface area contributed by atoms with E-state index in [-0.39, 0.29) is 5.91 Å². The molecule has 0 heterocycles. The first-order valence-corrected chi connectivity index (χ1v) is 6.86. The van der Waals surface area contributed by atoms with E-state index in [9.17, 15) is 4.79 Å². The number of ether oxygens (including phenoxy) is 1. The molecule has 0 unspecified atom stereocenters. The third-order valence-corrected chi connectivity index (χ3v) is 3.12. The van der Waals surface area contributed by atoms with Gasteiger partial charge in [0.15, 0.2) is 0 Å². The molecule has 1 aromatic carbocycles. The second-order valence-corrected chi connectivity index (χ2v) is 4.77. The summed E-state index contributed by atoms with van der Waals surface area (Å²) in [6, 6.07) is 10.3. The van der Waals surface area contributed by atoms with Gasteiger partial charge in [0.2, 0.25) is 5.91 Å². The fourth-order valence-corrected chi connectivity index (χ4v) is 2.02. The minimum Gasteiger partial charge on any atom is -0.383 e. The molecule has 1 amide bonds. The highest BCUT2D eigenvalue weighted by Crippen LogP contribution is 2.08. The van der Waals surface area contributed by atoms with Crippen molar-refractivity contribution in [1.82, 2.24) is 4.90 Å². The molecule has 20 heavy (non-hydrogen) atoms. The van der Waals surface area contributed by atoms with Crippen LogP contribution >= 0.6 is 0 Å². The SMILES string of the molecule is COCCN(CCC#N)C(=O)CCc1cccc(C)c1. The molecule has 0 aliphatic heterocycles. The topological polar surface area (TPSA) is 53.3 Å². The average molecular weight is 274 g/mol. The summed E-state index contributed by atoms with van der Waals surface area (Å²) in [5, 5.41) is 8.64. The number of hydrogen-bond acceptors (Lipinski definition) is 3. The van der Waals surface area contributed by atoms with Crippen LogP contribution < -0.4 is 0 Å². The number of carbonyl (C=O) groups excluding carboxylic acids is 1. The van der Waals surface area contributed by atoms with Crippen LogP contribution in [-0.4, -0.2) is 37.6 Å². The lowest BCUT2D eigenvalue weighted by molar-refractivity contribution is -0.131. The Bertz CT molecular complexity index is 466. The van der Waals surface area contributed by atoms with Crippen LogP contribution in [0.25, 0.3) is 0 Å². The molecule has 1 rings (SSSR count). The summed E-state index contributed by atoms with van der Waals surface area (Å²) in [6.07, 6.45) is 1.56. The van der Waals surface area contributed by atoms with Crippen LogP contribution in [0.1, 0.15) is 24.0 Å². The predicted molar refractivity (Wildman–Crippen MR) is 78.2 cm³/mol. The Morgan fingerprint density at radius 1 is 1.40 bits per heavy atom. The molecule has 4 nitrogen and oxygen atoms in total. The van der Waals surface area contributed by atoms with Crippen molar-refractivity contribution in [2.75, 3.05) is 26.8 Å². The van der Waals surface area contributed by atoms with Gasteiger partial charge in [-0.2, -0.15) is 5.26 Å². The van der Waals surface area contributed by atoms with E-state index in [1.54, 1.807) is 12.0 Å². The van der Waals surface area contributed by atoms with E-state index in [2.05, 4.69) is 12.1 Å². The van der Waals surface area contributed by atoms with Crippen molar-refractivity contribution < 1.29 is 9.53 Å². The maximum atomic E-state index is 12.2. The van der Waals surface area contributed by atoms with E-state index in [4.69, 9.17) is 10.00 Å². The molecule has 108 valence electrons. The largest absolute Gasteiger partial charge is 0.383 e. The Morgan fingerprint density at radius 3 is 2.85 bits per heavy atom. The highest BCUT2D eigenvalue weighted by Gasteiger charge is 2.12. The summed E-state index contributed by atoms with van der Waals surface area (Å²) in [4.78, 5) is 13.9. The predicted octanol–water partition coefficient (Wildman–Crippen LogP) is 2.32. The number of nitrogens with zero attached hydrogens (tertiary/aromatic N) is 2. The summed E-state index contributed by atoms with van der Waals surface area (Å²) >= 11 is 0. The minimum absolute atomic E-state index is 0.0822. The van der Waals surface area contributed by atoms with Gasteiger partial charge in [0.05, 0.1) is 19.1 Å². The number of benzene rings is 1. The van der Waals surface area contributed by atoms with E-state index < -0.39 is 0 Å². The number of aryl methyl sites for hydroxylation is 2. The normalized spacial score (nSPS) is 10.1. The Hall–Kier alpha value is -1.86. The molecule has 0 bridgehead atoms. The molecule has 0 radical (unpaired) electrons. The molecule has 0 spiro atoms. The first-order valence-electron chi connectivity index (χ1n) is 6.86. The Kier molecular flexibility index (Phi) is 7.38. The van der Waals surface area contributed by atoms with Gasteiger partial charge in [-0.15, -0.1) is 0 Å². The fraction of sp³-hybridized carbons (Fsp3) is 0.500. The monoisotopic (exact) mass is 274 g/mol. The maximum Gasteiger partial charge on any atom is 0.223 e. The van der Waals surface area contributed by atoms with Crippen LogP contribution in [0.2, 0.25) is 0 Å². The standard InChI is InChI=1S/C16H22N2O2/c1-14-5-3-6-15(13-14)7-8-16(19)18(10-4-9-17)11-12-20-2/h3,5-6,13H,4,7-8,10-12H2,1-2H3. The van der Waals surface area contributed by atoms with E-state index in [0.29, 0.717) is 32.5 Å². The molecular formula is C16H22N2O2. The smallest absolute Gasteiger partial charge is 0.223 e. The summed E-state index contributed by atoms with van der Waals surface area (Å²) in [5.41, 5.74) is 2.38. The van der Waals surface area contributed by atoms with Crippen LogP contribution in [0.3, 0.4) is 0 Å². The number of carbonyl (C=O) groups is 1. The number of nitriles is 1. The number of amides is 1. The van der Waals surface area contributed by atoms with Crippen molar-refractivity contribution in [3.8, 4) is 6.07 Å². The first kappa shape index (κ1) is 16.2. The van der Waals surface area contributed by atoms with Gasteiger partial charge < -0.3 is 9.64 Å². The zero-order chi connectivity index (χ0) is 14.8. The molecule has 0 saturated heterocycles. The summed E-state index contributed by atoms with van der Waals surface area (Å²) in [5.74, 6) is 0.0822. The lowest BCUT2D eigenvalue weighted by Crippen LogP contribution is -2.34. The van der Waals surface area contributed by atoms with Gasteiger partial charge in [-0.25, -0.2) is 0 Å². The molecular weight excluding hydrogens is 252 g/mol. The van der Waals surface area contributed by atoms with Crippen LogP contribution in [0.15, 0.2) is 24.3 Å². The third kappa shape index (κ3) is 5.85. The van der Waals surface area contributed by atoms with Crippen molar-refractivity contribution in [3.05, 3.63) is 35.4 Å². The number of rotatable bonds is 8.